The summed E-state index contributed by atoms with van der Waals surface area (Å²) < 4.78 is 26.9. The number of carbonyl (C=O) groups is 1. The largest absolute Gasteiger partial charge is 0.459 e. The highest BCUT2D eigenvalue weighted by Crippen LogP contribution is 2.34. The predicted molar refractivity (Wildman–Crippen MR) is 94.9 cm³/mol. The van der Waals surface area contributed by atoms with Crippen LogP contribution in [0, 0.1) is 0 Å². The first-order valence-electron chi connectivity index (χ1n) is 8.20. The Labute approximate surface area is 158 Å². The first kappa shape index (κ1) is 17.6. The number of imidazole rings is 1. The van der Waals surface area contributed by atoms with Crippen molar-refractivity contribution in [1.82, 2.24) is 19.5 Å². The summed E-state index contributed by atoms with van der Waals surface area (Å²) in [4.78, 5) is 24.0. The van der Waals surface area contributed by atoms with E-state index in [0.717, 1.165) is 0 Å². The van der Waals surface area contributed by atoms with Crippen molar-refractivity contribution in [2.24, 2.45) is 0 Å². The second-order valence-electron chi connectivity index (χ2n) is 6.07. The van der Waals surface area contributed by atoms with E-state index in [2.05, 4.69) is 15.0 Å². The van der Waals surface area contributed by atoms with Crippen LogP contribution >= 0.6 is 11.6 Å². The lowest BCUT2D eigenvalue weighted by molar-refractivity contribution is -0.0420. The standard InChI is InChI=1S/C17H15ClFN5O3/c18-17-22-13(20)12-14(23-17)24(8-21-12)15-11(19)6-10(27-15)7-26-16(25)9-4-2-1-3-5-9/h1-5,8,10-11,15H,6-7H2,(H2,20,22,23)/t10-,11?,15+/m0/s1. The highest BCUT2D eigenvalue weighted by atomic mass is 35.5. The number of benzene rings is 1. The Hall–Kier alpha value is -2.78. The number of hydrogen-bond donors (Lipinski definition) is 1. The van der Waals surface area contributed by atoms with Gasteiger partial charge in [-0.25, -0.2) is 14.2 Å². The Kier molecular flexibility index (Phi) is 4.63. The summed E-state index contributed by atoms with van der Waals surface area (Å²) >= 11 is 5.83. The van der Waals surface area contributed by atoms with Crippen LogP contribution in [0.5, 0.6) is 0 Å². The number of anilines is 1. The van der Waals surface area contributed by atoms with Gasteiger partial charge >= 0.3 is 5.97 Å². The minimum absolute atomic E-state index is 0.0604. The third kappa shape index (κ3) is 3.43. The van der Waals surface area contributed by atoms with Crippen LogP contribution in [-0.4, -0.2) is 44.4 Å². The molecular formula is C17H15ClFN5O3. The van der Waals surface area contributed by atoms with Gasteiger partial charge < -0.3 is 15.2 Å². The number of alkyl halides is 1. The van der Waals surface area contributed by atoms with Crippen molar-refractivity contribution in [3.8, 4) is 0 Å². The number of ether oxygens (including phenoxy) is 2. The van der Waals surface area contributed by atoms with Crippen molar-refractivity contribution in [1.29, 1.82) is 0 Å². The third-order valence-electron chi connectivity index (χ3n) is 4.23. The van der Waals surface area contributed by atoms with Gasteiger partial charge in [-0.15, -0.1) is 0 Å². The summed E-state index contributed by atoms with van der Waals surface area (Å²) in [7, 11) is 0. The van der Waals surface area contributed by atoms with E-state index >= 15 is 0 Å². The van der Waals surface area contributed by atoms with Crippen LogP contribution in [0.1, 0.15) is 23.0 Å². The molecule has 0 saturated carbocycles. The molecule has 0 bridgehead atoms. The fourth-order valence-corrected chi connectivity index (χ4v) is 3.15. The molecule has 2 N–H and O–H groups in total. The molecule has 0 aliphatic carbocycles. The van der Waals surface area contributed by atoms with Crippen molar-refractivity contribution in [3.05, 3.63) is 47.5 Å². The molecule has 1 aliphatic heterocycles. The summed E-state index contributed by atoms with van der Waals surface area (Å²) in [6.07, 6.45) is -1.45. The lowest BCUT2D eigenvalue weighted by Crippen LogP contribution is -2.19. The molecule has 0 spiro atoms. The maximum absolute atomic E-state index is 14.6. The molecule has 3 aromatic rings. The van der Waals surface area contributed by atoms with Gasteiger partial charge in [0.2, 0.25) is 5.28 Å². The molecule has 1 saturated heterocycles. The zero-order chi connectivity index (χ0) is 19.0. The second kappa shape index (κ2) is 7.09. The van der Waals surface area contributed by atoms with Crippen LogP contribution in [0.15, 0.2) is 36.7 Å². The molecule has 4 rings (SSSR count). The van der Waals surface area contributed by atoms with Gasteiger partial charge in [-0.05, 0) is 23.7 Å². The van der Waals surface area contributed by atoms with Gasteiger partial charge in [-0.1, -0.05) is 18.2 Å². The second-order valence-corrected chi connectivity index (χ2v) is 6.40. The fraction of sp³-hybridized carbons (Fsp3) is 0.294. The topological polar surface area (TPSA) is 105 Å². The molecule has 140 valence electrons. The molecule has 2 aromatic heterocycles. The molecule has 1 unspecified atom stereocenters. The van der Waals surface area contributed by atoms with Crippen molar-refractivity contribution >= 4 is 34.6 Å². The van der Waals surface area contributed by atoms with Gasteiger partial charge in [0.1, 0.15) is 18.3 Å². The van der Waals surface area contributed by atoms with E-state index in [4.69, 9.17) is 26.8 Å². The van der Waals surface area contributed by atoms with Gasteiger partial charge in [0.15, 0.2) is 17.7 Å². The summed E-state index contributed by atoms with van der Waals surface area (Å²) in [6.45, 7) is -0.0604. The SMILES string of the molecule is Nc1nc(Cl)nc2c1ncn2[C@@H]1O[C@H](COC(=O)c2ccccc2)CC1F. The average molecular weight is 392 g/mol. The number of hydrogen-bond acceptors (Lipinski definition) is 7. The van der Waals surface area contributed by atoms with Crippen LogP contribution in [0.3, 0.4) is 0 Å². The molecule has 1 aliphatic rings. The maximum Gasteiger partial charge on any atom is 0.338 e. The number of rotatable bonds is 4. The van der Waals surface area contributed by atoms with Gasteiger partial charge in [0.25, 0.3) is 0 Å². The summed E-state index contributed by atoms with van der Waals surface area (Å²) in [6, 6.07) is 8.56. The number of nitrogen functional groups attached to an aromatic ring is 1. The van der Waals surface area contributed by atoms with E-state index in [1.807, 2.05) is 0 Å². The van der Waals surface area contributed by atoms with Gasteiger partial charge in [-0.2, -0.15) is 9.97 Å². The lowest BCUT2D eigenvalue weighted by Gasteiger charge is -2.16. The highest BCUT2D eigenvalue weighted by Gasteiger charge is 2.38. The first-order valence-corrected chi connectivity index (χ1v) is 8.58. The van der Waals surface area contributed by atoms with Gasteiger partial charge in [-0.3, -0.25) is 4.57 Å². The monoisotopic (exact) mass is 391 g/mol. The fourth-order valence-electron chi connectivity index (χ4n) is 2.98. The Morgan fingerprint density at radius 2 is 2.15 bits per heavy atom. The van der Waals surface area contributed by atoms with Gasteiger partial charge in [0, 0.05) is 6.42 Å². The number of fused-ring (bicyclic) bond motifs is 1. The van der Waals surface area contributed by atoms with Crippen LogP contribution < -0.4 is 5.73 Å². The summed E-state index contributed by atoms with van der Waals surface area (Å²) in [5, 5.41) is -0.0662. The minimum atomic E-state index is -1.34. The number of nitrogens with two attached hydrogens (primary N) is 1. The average Bonchev–Trinajstić information content (AvgIpc) is 3.23. The van der Waals surface area contributed by atoms with E-state index in [0.29, 0.717) is 11.1 Å². The number of esters is 1. The molecule has 1 aromatic carbocycles. The van der Waals surface area contributed by atoms with Crippen molar-refractivity contribution < 1.29 is 18.7 Å². The smallest absolute Gasteiger partial charge is 0.338 e. The van der Waals surface area contributed by atoms with Crippen molar-refractivity contribution in [2.75, 3.05) is 12.3 Å². The van der Waals surface area contributed by atoms with E-state index in [9.17, 15) is 9.18 Å². The van der Waals surface area contributed by atoms with Crippen LogP contribution in [0.4, 0.5) is 10.2 Å². The molecular weight excluding hydrogens is 377 g/mol. The maximum atomic E-state index is 14.6. The summed E-state index contributed by atoms with van der Waals surface area (Å²) in [5.41, 5.74) is 6.78. The van der Waals surface area contributed by atoms with Crippen molar-refractivity contribution in [2.45, 2.75) is 24.9 Å². The van der Waals surface area contributed by atoms with E-state index in [1.165, 1.54) is 10.9 Å². The van der Waals surface area contributed by atoms with Crippen LogP contribution in [-0.2, 0) is 9.47 Å². The number of carbonyl (C=O) groups excluding carboxylic acids is 1. The quantitative estimate of drug-likeness (QED) is 0.538. The Bertz CT molecular complexity index is 983. The third-order valence-corrected chi connectivity index (χ3v) is 4.40. The molecule has 3 atom stereocenters. The number of aromatic nitrogens is 4. The Morgan fingerprint density at radius 1 is 1.37 bits per heavy atom. The van der Waals surface area contributed by atoms with E-state index < -0.39 is 24.5 Å². The zero-order valence-electron chi connectivity index (χ0n) is 14.0. The molecule has 10 heteroatoms. The predicted octanol–water partition coefficient (Wildman–Crippen LogP) is 2.54. The number of halogens is 2. The Balaban J connectivity index is 1.47. The molecule has 3 heterocycles. The zero-order valence-corrected chi connectivity index (χ0v) is 14.7. The molecule has 27 heavy (non-hydrogen) atoms. The molecule has 0 radical (unpaired) electrons. The normalized spacial score (nSPS) is 22.2. The molecule has 1 fully saturated rings. The first-order chi connectivity index (χ1) is 13.0. The van der Waals surface area contributed by atoms with Crippen LogP contribution in [0.25, 0.3) is 11.2 Å². The van der Waals surface area contributed by atoms with Crippen LogP contribution in [0.2, 0.25) is 5.28 Å². The van der Waals surface area contributed by atoms with E-state index in [-0.39, 0.29) is 29.8 Å². The highest BCUT2D eigenvalue weighted by molar-refractivity contribution is 6.28. The van der Waals surface area contributed by atoms with E-state index in [1.54, 1.807) is 30.3 Å². The Morgan fingerprint density at radius 3 is 2.93 bits per heavy atom. The summed E-state index contributed by atoms with van der Waals surface area (Å²) in [5.74, 6) is -0.385. The number of nitrogens with zero attached hydrogens (tertiary/aromatic N) is 4. The molecule has 8 nitrogen and oxygen atoms in total. The lowest BCUT2D eigenvalue weighted by atomic mass is 10.2. The van der Waals surface area contributed by atoms with Crippen molar-refractivity contribution in [3.63, 3.8) is 0 Å². The molecule has 0 amide bonds. The van der Waals surface area contributed by atoms with Gasteiger partial charge in [0.05, 0.1) is 18.0 Å². The minimum Gasteiger partial charge on any atom is -0.459 e.